The fraction of sp³-hybridized carbons (Fsp3) is 0.611. The quantitative estimate of drug-likeness (QED) is 0.799. The topological polar surface area (TPSA) is 32.8 Å². The Balaban J connectivity index is 1.76. The number of piperidine rings is 1. The molecule has 0 aromatic heterocycles. The van der Waals surface area contributed by atoms with E-state index in [2.05, 4.69) is 41.0 Å². The zero-order chi connectivity index (χ0) is 15.5. The van der Waals surface area contributed by atoms with Gasteiger partial charge in [-0.1, -0.05) is 25.1 Å². The third-order valence-corrected chi connectivity index (χ3v) is 5.05. The van der Waals surface area contributed by atoms with E-state index >= 15 is 0 Å². The van der Waals surface area contributed by atoms with Crippen molar-refractivity contribution in [3.63, 3.8) is 0 Å². The van der Waals surface area contributed by atoms with Crippen LogP contribution in [-0.2, 0) is 16.0 Å². The van der Waals surface area contributed by atoms with Crippen LogP contribution in [0.1, 0.15) is 25.8 Å². The largest absolute Gasteiger partial charge is 0.465 e. The van der Waals surface area contributed by atoms with Crippen molar-refractivity contribution in [2.24, 2.45) is 5.92 Å². The fourth-order valence-corrected chi connectivity index (χ4v) is 3.89. The third kappa shape index (κ3) is 3.12. The summed E-state index contributed by atoms with van der Waals surface area (Å²) in [5.41, 5.74) is 2.83. The number of hydrogen-bond donors (Lipinski definition) is 0. The van der Waals surface area contributed by atoms with E-state index < -0.39 is 0 Å². The molecule has 4 heteroatoms. The molecule has 0 N–H and O–H groups in total. The molecule has 2 aliphatic rings. The molecule has 1 aromatic carbocycles. The maximum Gasteiger partial charge on any atom is 0.302 e. The van der Waals surface area contributed by atoms with E-state index in [9.17, 15) is 4.79 Å². The number of anilines is 1. The summed E-state index contributed by atoms with van der Waals surface area (Å²) in [6.45, 7) is 8.56. The van der Waals surface area contributed by atoms with Crippen molar-refractivity contribution < 1.29 is 9.53 Å². The molecule has 0 saturated carbocycles. The number of para-hydroxylation sites is 1. The van der Waals surface area contributed by atoms with E-state index in [0.717, 1.165) is 39.0 Å². The van der Waals surface area contributed by atoms with E-state index in [0.29, 0.717) is 18.6 Å². The van der Waals surface area contributed by atoms with Gasteiger partial charge in [0.05, 0.1) is 6.61 Å². The van der Waals surface area contributed by atoms with E-state index in [1.54, 1.807) is 0 Å². The third-order valence-electron chi connectivity index (χ3n) is 5.05. The summed E-state index contributed by atoms with van der Waals surface area (Å²) in [5.74, 6) is 0.220. The van der Waals surface area contributed by atoms with Gasteiger partial charge in [-0.25, -0.2) is 0 Å². The average Bonchev–Trinajstić information content (AvgIpc) is 2.96. The summed E-state index contributed by atoms with van der Waals surface area (Å²) >= 11 is 0. The molecule has 0 amide bonds. The van der Waals surface area contributed by atoms with Gasteiger partial charge in [-0.2, -0.15) is 0 Å². The van der Waals surface area contributed by atoms with Crippen LogP contribution >= 0.6 is 0 Å². The van der Waals surface area contributed by atoms with Crippen LogP contribution in [0.3, 0.4) is 0 Å². The first kappa shape index (κ1) is 15.3. The van der Waals surface area contributed by atoms with Crippen molar-refractivity contribution in [2.75, 3.05) is 37.7 Å². The fourth-order valence-electron chi connectivity index (χ4n) is 3.89. The standard InChI is InChI=1S/C18H26N2O2/c1-3-19-10-9-18(16(12-19)13-22-14(2)21)20-11-8-15-6-4-5-7-17(15)20/h4-7,16,18H,3,8-13H2,1-2H3/t16-,18-/m1/s1. The van der Waals surface area contributed by atoms with Crippen LogP contribution in [0, 0.1) is 5.92 Å². The molecule has 0 bridgehead atoms. The number of likely N-dealkylation sites (tertiary alicyclic amines) is 1. The lowest BCUT2D eigenvalue weighted by Crippen LogP contribution is -2.52. The van der Waals surface area contributed by atoms with E-state index in [-0.39, 0.29) is 5.97 Å². The molecule has 1 fully saturated rings. The van der Waals surface area contributed by atoms with Crippen LogP contribution in [0.4, 0.5) is 5.69 Å². The van der Waals surface area contributed by atoms with Crippen molar-refractivity contribution in [3.05, 3.63) is 29.8 Å². The molecule has 0 unspecified atom stereocenters. The van der Waals surface area contributed by atoms with Crippen LogP contribution in [0.2, 0.25) is 0 Å². The second-order valence-electron chi connectivity index (χ2n) is 6.38. The van der Waals surface area contributed by atoms with Gasteiger partial charge in [0.25, 0.3) is 0 Å². The minimum Gasteiger partial charge on any atom is -0.465 e. The highest BCUT2D eigenvalue weighted by Gasteiger charge is 2.36. The smallest absolute Gasteiger partial charge is 0.302 e. The highest BCUT2D eigenvalue weighted by molar-refractivity contribution is 5.66. The Kier molecular flexibility index (Phi) is 4.67. The Morgan fingerprint density at radius 3 is 2.91 bits per heavy atom. The Morgan fingerprint density at radius 1 is 1.32 bits per heavy atom. The maximum absolute atomic E-state index is 11.2. The number of carbonyl (C=O) groups excluding carboxylic acids is 1. The predicted molar refractivity (Wildman–Crippen MR) is 88.1 cm³/mol. The van der Waals surface area contributed by atoms with Crippen LogP contribution in [-0.4, -0.2) is 49.7 Å². The molecule has 0 aliphatic carbocycles. The summed E-state index contributed by atoms with van der Waals surface area (Å²) in [6.07, 6.45) is 2.28. The molecule has 2 atom stereocenters. The molecule has 3 rings (SSSR count). The Hall–Kier alpha value is -1.55. The van der Waals surface area contributed by atoms with Gasteiger partial charge < -0.3 is 14.5 Å². The molecule has 0 radical (unpaired) electrons. The van der Waals surface area contributed by atoms with Gasteiger partial charge in [-0.15, -0.1) is 0 Å². The summed E-state index contributed by atoms with van der Waals surface area (Å²) in [5, 5.41) is 0. The lowest BCUT2D eigenvalue weighted by atomic mass is 9.91. The summed E-state index contributed by atoms with van der Waals surface area (Å²) in [7, 11) is 0. The van der Waals surface area contributed by atoms with Crippen LogP contribution in [0.15, 0.2) is 24.3 Å². The number of fused-ring (bicyclic) bond motifs is 1. The van der Waals surface area contributed by atoms with Crippen molar-refractivity contribution in [1.29, 1.82) is 0 Å². The zero-order valence-electron chi connectivity index (χ0n) is 13.6. The first-order chi connectivity index (χ1) is 10.7. The van der Waals surface area contributed by atoms with Crippen LogP contribution in [0.5, 0.6) is 0 Å². The predicted octanol–water partition coefficient (Wildman–Crippen LogP) is 2.32. The molecular weight excluding hydrogens is 276 g/mol. The van der Waals surface area contributed by atoms with Gasteiger partial charge in [0.15, 0.2) is 0 Å². The molecule has 1 saturated heterocycles. The molecular formula is C18H26N2O2. The van der Waals surface area contributed by atoms with E-state index in [1.165, 1.54) is 18.2 Å². The number of carbonyl (C=O) groups is 1. The Bertz CT molecular complexity index is 532. The highest BCUT2D eigenvalue weighted by atomic mass is 16.5. The number of nitrogens with zero attached hydrogens (tertiary/aromatic N) is 2. The first-order valence-corrected chi connectivity index (χ1v) is 8.39. The van der Waals surface area contributed by atoms with Gasteiger partial charge in [0, 0.05) is 44.2 Å². The molecule has 1 aromatic rings. The second-order valence-corrected chi connectivity index (χ2v) is 6.38. The van der Waals surface area contributed by atoms with Crippen molar-refractivity contribution in [1.82, 2.24) is 4.90 Å². The van der Waals surface area contributed by atoms with Gasteiger partial charge in [0.1, 0.15) is 0 Å². The highest BCUT2D eigenvalue weighted by Crippen LogP contribution is 2.34. The van der Waals surface area contributed by atoms with E-state index in [4.69, 9.17) is 4.74 Å². The minimum absolute atomic E-state index is 0.172. The van der Waals surface area contributed by atoms with E-state index in [1.807, 2.05) is 0 Å². The van der Waals surface area contributed by atoms with Gasteiger partial charge in [0.2, 0.25) is 0 Å². The molecule has 2 heterocycles. The Labute approximate surface area is 133 Å². The summed E-state index contributed by atoms with van der Waals surface area (Å²) < 4.78 is 5.36. The zero-order valence-corrected chi connectivity index (χ0v) is 13.6. The first-order valence-electron chi connectivity index (χ1n) is 8.39. The Morgan fingerprint density at radius 2 is 2.14 bits per heavy atom. The second kappa shape index (κ2) is 6.69. The maximum atomic E-state index is 11.2. The molecule has 22 heavy (non-hydrogen) atoms. The van der Waals surface area contributed by atoms with Gasteiger partial charge in [-0.3, -0.25) is 4.79 Å². The molecule has 2 aliphatic heterocycles. The van der Waals surface area contributed by atoms with Gasteiger partial charge >= 0.3 is 5.97 Å². The number of hydrogen-bond acceptors (Lipinski definition) is 4. The molecule has 0 spiro atoms. The summed E-state index contributed by atoms with van der Waals surface area (Å²) in [6, 6.07) is 9.19. The van der Waals surface area contributed by atoms with Crippen molar-refractivity contribution in [3.8, 4) is 0 Å². The normalized spacial score (nSPS) is 25.1. The number of ether oxygens (including phenoxy) is 1. The van der Waals surface area contributed by atoms with Crippen molar-refractivity contribution >= 4 is 11.7 Å². The average molecular weight is 302 g/mol. The van der Waals surface area contributed by atoms with Gasteiger partial charge in [-0.05, 0) is 31.0 Å². The monoisotopic (exact) mass is 302 g/mol. The van der Waals surface area contributed by atoms with Crippen LogP contribution in [0.25, 0.3) is 0 Å². The molecule has 4 nitrogen and oxygen atoms in total. The summed E-state index contributed by atoms with van der Waals surface area (Å²) in [4.78, 5) is 16.2. The number of rotatable bonds is 4. The lowest BCUT2D eigenvalue weighted by Gasteiger charge is -2.43. The minimum atomic E-state index is -0.172. The van der Waals surface area contributed by atoms with Crippen LogP contribution < -0.4 is 4.90 Å². The number of benzene rings is 1. The number of esters is 1. The lowest BCUT2D eigenvalue weighted by molar-refractivity contribution is -0.143. The SMILES string of the molecule is CCN1CC[C@@H](N2CCc3ccccc32)[C@@H](COC(C)=O)C1. The van der Waals surface area contributed by atoms with Crippen molar-refractivity contribution in [2.45, 2.75) is 32.7 Å². The molecule has 120 valence electrons.